The molecule has 16 heteroatoms. The number of likely N-dealkylation sites (N-methyl/N-ethyl adjacent to an activating group) is 2. The lowest BCUT2D eigenvalue weighted by Crippen LogP contribution is -2.28. The lowest BCUT2D eigenvalue weighted by atomic mass is 10.0. The number of pyridine rings is 2. The molecule has 8 rings (SSSR count). The highest BCUT2D eigenvalue weighted by Gasteiger charge is 2.20. The second-order valence-corrected chi connectivity index (χ2v) is 16.1. The Kier molecular flexibility index (Phi) is 17.6. The Balaban J connectivity index is 0.000000207. The number of carbonyl (C=O) groups excluding carboxylic acids is 2. The average molecular weight is 941 g/mol. The van der Waals surface area contributed by atoms with E-state index in [1.807, 2.05) is 135 Å². The number of nitrogens with one attached hydrogen (secondary N) is 4. The second kappa shape index (κ2) is 24.8. The topological polar surface area (TPSA) is 185 Å². The Morgan fingerprint density at radius 2 is 0.814 bits per heavy atom. The van der Waals surface area contributed by atoms with Crippen LogP contribution in [0.4, 0.5) is 32.6 Å². The second-order valence-electron chi connectivity index (χ2n) is 16.1. The number of rotatable bonds is 18. The maximum absolute atomic E-state index is 12.1. The van der Waals surface area contributed by atoms with Crippen molar-refractivity contribution in [2.75, 3.05) is 87.8 Å². The first-order valence-corrected chi connectivity index (χ1v) is 23.6. The van der Waals surface area contributed by atoms with E-state index < -0.39 is 12.2 Å². The summed E-state index contributed by atoms with van der Waals surface area (Å²) in [5.41, 5.74) is 10.4. The fourth-order valence-corrected chi connectivity index (χ4v) is 7.51. The van der Waals surface area contributed by atoms with Crippen molar-refractivity contribution in [1.29, 1.82) is 0 Å². The molecule has 2 amide bonds. The van der Waals surface area contributed by atoms with Crippen LogP contribution < -0.4 is 21.3 Å². The van der Waals surface area contributed by atoms with Gasteiger partial charge in [0.2, 0.25) is 0 Å². The number of carbonyl (C=O) groups is 2. The van der Waals surface area contributed by atoms with Crippen molar-refractivity contribution in [3.63, 3.8) is 0 Å². The van der Waals surface area contributed by atoms with E-state index >= 15 is 0 Å². The Hall–Kier alpha value is -8.08. The third-order valence-corrected chi connectivity index (χ3v) is 11.0. The molecule has 0 atom stereocenters. The number of hydrogen-bond acceptors (Lipinski definition) is 14. The summed E-state index contributed by atoms with van der Waals surface area (Å²) < 4.78 is 10.1. The molecule has 0 radical (unpaired) electrons. The molecule has 70 heavy (non-hydrogen) atoms. The van der Waals surface area contributed by atoms with Gasteiger partial charge in [0.05, 0.1) is 47.4 Å². The predicted molar refractivity (Wildman–Crippen MR) is 281 cm³/mol. The summed E-state index contributed by atoms with van der Waals surface area (Å²) in [6.07, 6.45) is -1.12. The average Bonchev–Trinajstić information content (AvgIpc) is 3.38. The van der Waals surface area contributed by atoms with Gasteiger partial charge in [0.15, 0.2) is 11.3 Å². The van der Waals surface area contributed by atoms with Crippen molar-refractivity contribution < 1.29 is 19.1 Å². The molecule has 0 fully saturated rings. The van der Waals surface area contributed by atoms with Gasteiger partial charge in [-0.1, -0.05) is 135 Å². The number of anilines is 4. The summed E-state index contributed by atoms with van der Waals surface area (Å²) in [6, 6.07) is 43.4. The number of benzene rings is 4. The van der Waals surface area contributed by atoms with Gasteiger partial charge in [0.1, 0.15) is 22.7 Å². The highest BCUT2D eigenvalue weighted by atomic mass is 16.6. The SMILES string of the molecule is CCOC(=O)Nc1cc(NCCN(C)C)c2nc(-c3ccccc3)c(-c3ccccc3)nc2n1.CCOC(=O)Nc1cc(NCCN(CC)CC)c2nc(-c3ccccc3)c(-c3ccccc3)nc2n1. The molecule has 8 aromatic rings. The van der Waals surface area contributed by atoms with Crippen molar-refractivity contribution in [1.82, 2.24) is 39.7 Å². The molecule has 360 valence electrons. The molecule has 4 aromatic heterocycles. The molecule has 0 aliphatic carbocycles. The highest BCUT2D eigenvalue weighted by Crippen LogP contribution is 2.35. The first-order valence-electron chi connectivity index (χ1n) is 23.6. The van der Waals surface area contributed by atoms with Crippen LogP contribution in [0.2, 0.25) is 0 Å². The Morgan fingerprint density at radius 3 is 1.14 bits per heavy atom. The molecule has 0 bridgehead atoms. The van der Waals surface area contributed by atoms with Gasteiger partial charge in [-0.25, -0.2) is 39.5 Å². The molecule has 0 saturated carbocycles. The summed E-state index contributed by atoms with van der Waals surface area (Å²) in [7, 11) is 4.03. The number of nitrogens with zero attached hydrogens (tertiary/aromatic N) is 8. The zero-order valence-electron chi connectivity index (χ0n) is 40.6. The van der Waals surface area contributed by atoms with Gasteiger partial charge in [-0.2, -0.15) is 0 Å². The number of aromatic nitrogens is 6. The Labute approximate surface area is 409 Å². The van der Waals surface area contributed by atoms with Crippen molar-refractivity contribution >= 4 is 57.5 Å². The Bertz CT molecular complexity index is 2960. The van der Waals surface area contributed by atoms with Crippen molar-refractivity contribution in [2.24, 2.45) is 0 Å². The molecule has 4 N–H and O–H groups in total. The largest absolute Gasteiger partial charge is 0.450 e. The zero-order valence-corrected chi connectivity index (χ0v) is 40.6. The van der Waals surface area contributed by atoms with Crippen LogP contribution in [0.15, 0.2) is 133 Å². The monoisotopic (exact) mass is 940 g/mol. The summed E-state index contributed by atoms with van der Waals surface area (Å²) in [4.78, 5) is 57.8. The van der Waals surface area contributed by atoms with Crippen molar-refractivity contribution in [3.8, 4) is 45.0 Å². The van der Waals surface area contributed by atoms with E-state index in [0.29, 0.717) is 47.1 Å². The van der Waals surface area contributed by atoms with E-state index in [2.05, 4.69) is 54.9 Å². The molecule has 0 saturated heterocycles. The van der Waals surface area contributed by atoms with Crippen LogP contribution in [0.5, 0.6) is 0 Å². The van der Waals surface area contributed by atoms with Crippen LogP contribution in [0.3, 0.4) is 0 Å². The molecule has 4 heterocycles. The standard InChI is InChI=1S/C28H32N6O2.C26H28N6O2/c1-4-34(5-2)18-17-29-22-19-23(31-28(35)36-6-3)30-27-26(22)32-24(20-13-9-7-10-14-20)25(33-27)21-15-11-8-12-16-21;1-4-34-26(33)29-21-17-20(27-15-16-32(2)3)24-25(28-21)31-23(19-13-9-6-10-14-19)22(30-24)18-11-7-5-8-12-18/h7-16,19H,4-6,17-18H2,1-3H3,(H2,29,30,31,33,35);5-14,17H,4,15-16H2,1-3H3,(H2,27,28,29,31,33). The minimum atomic E-state index is -0.564. The van der Waals surface area contributed by atoms with E-state index in [1.165, 1.54) is 0 Å². The van der Waals surface area contributed by atoms with Gasteiger partial charge < -0.3 is 29.9 Å². The third-order valence-electron chi connectivity index (χ3n) is 11.0. The molecular formula is C54H60N12O4. The summed E-state index contributed by atoms with van der Waals surface area (Å²) >= 11 is 0. The smallest absolute Gasteiger partial charge is 0.412 e. The van der Waals surface area contributed by atoms with Crippen LogP contribution in [-0.2, 0) is 9.47 Å². The summed E-state index contributed by atoms with van der Waals surface area (Å²) in [6.45, 7) is 13.4. The van der Waals surface area contributed by atoms with Crippen LogP contribution in [0.25, 0.3) is 67.4 Å². The first kappa shape index (κ1) is 49.8. The number of ether oxygens (including phenoxy) is 2. The van der Waals surface area contributed by atoms with E-state index in [9.17, 15) is 9.59 Å². The van der Waals surface area contributed by atoms with E-state index in [0.717, 1.165) is 82.6 Å². The van der Waals surface area contributed by atoms with Gasteiger partial charge in [-0.05, 0) is 41.0 Å². The number of hydrogen-bond donors (Lipinski definition) is 4. The maximum Gasteiger partial charge on any atom is 0.412 e. The van der Waals surface area contributed by atoms with Gasteiger partial charge in [0.25, 0.3) is 0 Å². The fourth-order valence-electron chi connectivity index (χ4n) is 7.51. The normalized spacial score (nSPS) is 11.0. The molecule has 16 nitrogen and oxygen atoms in total. The van der Waals surface area contributed by atoms with Gasteiger partial charge >= 0.3 is 12.2 Å². The third kappa shape index (κ3) is 13.1. The zero-order chi connectivity index (χ0) is 49.2. The van der Waals surface area contributed by atoms with E-state index in [4.69, 9.17) is 29.4 Å². The van der Waals surface area contributed by atoms with Crippen LogP contribution in [-0.4, -0.2) is 118 Å². The van der Waals surface area contributed by atoms with Gasteiger partial charge in [-0.3, -0.25) is 10.6 Å². The van der Waals surface area contributed by atoms with Crippen molar-refractivity contribution in [3.05, 3.63) is 133 Å². The molecule has 0 aliphatic heterocycles. The predicted octanol–water partition coefficient (Wildman–Crippen LogP) is 10.6. The highest BCUT2D eigenvalue weighted by molar-refractivity contribution is 5.96. The van der Waals surface area contributed by atoms with Crippen molar-refractivity contribution in [2.45, 2.75) is 27.7 Å². The minimum absolute atomic E-state index is 0.270. The fraction of sp³-hybridized carbons (Fsp3) is 0.259. The molecule has 0 unspecified atom stereocenters. The van der Waals surface area contributed by atoms with Crippen LogP contribution >= 0.6 is 0 Å². The van der Waals surface area contributed by atoms with Gasteiger partial charge in [-0.15, -0.1) is 0 Å². The molecule has 0 spiro atoms. The summed E-state index contributed by atoms with van der Waals surface area (Å²) in [5, 5.41) is 12.3. The molecule has 0 aliphatic rings. The lowest BCUT2D eigenvalue weighted by Gasteiger charge is -2.19. The van der Waals surface area contributed by atoms with E-state index in [1.54, 1.807) is 26.0 Å². The summed E-state index contributed by atoms with van der Waals surface area (Å²) in [5.74, 6) is 0.700. The molecule has 4 aromatic carbocycles. The minimum Gasteiger partial charge on any atom is -0.450 e. The number of amides is 2. The Morgan fingerprint density at radius 1 is 0.471 bits per heavy atom. The van der Waals surface area contributed by atoms with Crippen LogP contribution in [0, 0.1) is 0 Å². The molecular weight excluding hydrogens is 881 g/mol. The quantitative estimate of drug-likeness (QED) is 0.0637. The number of fused-ring (bicyclic) bond motifs is 2. The van der Waals surface area contributed by atoms with Gasteiger partial charge in [0, 0.05) is 60.6 Å². The van der Waals surface area contributed by atoms with Crippen LogP contribution in [0.1, 0.15) is 27.7 Å². The maximum atomic E-state index is 12.1. The van der Waals surface area contributed by atoms with E-state index in [-0.39, 0.29) is 13.2 Å². The first-order chi connectivity index (χ1) is 34.2. The lowest BCUT2D eigenvalue weighted by molar-refractivity contribution is 0.167.